The smallest absolute Gasteiger partial charge is 0.323 e. The Bertz CT molecular complexity index is 857. The summed E-state index contributed by atoms with van der Waals surface area (Å²) >= 11 is 5.87. The summed E-state index contributed by atoms with van der Waals surface area (Å²) in [5.74, 6) is 0.941. The Hall–Kier alpha value is -2.78. The molecule has 24 heavy (non-hydrogen) atoms. The van der Waals surface area contributed by atoms with Crippen LogP contribution in [0.2, 0.25) is 5.02 Å². The molecular weight excluding hydrogens is 324 g/mol. The summed E-state index contributed by atoms with van der Waals surface area (Å²) in [7, 11) is 0. The molecule has 0 aliphatic carbocycles. The highest BCUT2D eigenvalue weighted by Gasteiger charge is 2.33. The van der Waals surface area contributed by atoms with Crippen molar-refractivity contribution in [1.29, 1.82) is 0 Å². The van der Waals surface area contributed by atoms with Gasteiger partial charge < -0.3 is 9.47 Å². The number of para-hydroxylation sites is 2. The quantitative estimate of drug-likeness (QED) is 0.477. The van der Waals surface area contributed by atoms with Gasteiger partial charge in [-0.15, -0.1) is 0 Å². The van der Waals surface area contributed by atoms with E-state index in [0.717, 1.165) is 11.1 Å². The van der Waals surface area contributed by atoms with Crippen molar-refractivity contribution >= 4 is 17.6 Å². The zero-order valence-electron chi connectivity index (χ0n) is 12.6. The van der Waals surface area contributed by atoms with E-state index >= 15 is 0 Å². The normalized spacial score (nSPS) is 12.7. The molecule has 118 valence electrons. The number of fused-ring (bicyclic) bond motifs is 2. The van der Waals surface area contributed by atoms with Gasteiger partial charge in [0, 0.05) is 16.1 Å². The van der Waals surface area contributed by atoms with Crippen LogP contribution in [0.25, 0.3) is 0 Å². The fourth-order valence-electron chi connectivity index (χ4n) is 2.84. The minimum atomic E-state index is -0.526. The monoisotopic (exact) mass is 336 g/mol. The first-order valence-electron chi connectivity index (χ1n) is 7.55. The Morgan fingerprint density at radius 2 is 1.38 bits per heavy atom. The van der Waals surface area contributed by atoms with Crippen LogP contribution in [0, 0.1) is 0 Å². The summed E-state index contributed by atoms with van der Waals surface area (Å²) in [4.78, 5) is 12.9. The van der Waals surface area contributed by atoms with Crippen molar-refractivity contribution in [2.45, 2.75) is 5.92 Å². The Balaban J connectivity index is 1.74. The first-order chi connectivity index (χ1) is 11.7. The summed E-state index contributed by atoms with van der Waals surface area (Å²) in [6.07, 6.45) is 0. The minimum absolute atomic E-state index is 0.347. The SMILES string of the molecule is O=C(Oc1ccc(Cl)cc1)C1c2ccccc2Oc2ccccc21. The van der Waals surface area contributed by atoms with E-state index in [-0.39, 0.29) is 5.97 Å². The number of halogens is 1. The van der Waals surface area contributed by atoms with E-state index in [4.69, 9.17) is 21.1 Å². The molecule has 0 spiro atoms. The zero-order valence-corrected chi connectivity index (χ0v) is 13.4. The molecule has 0 radical (unpaired) electrons. The lowest BCUT2D eigenvalue weighted by molar-refractivity contribution is -0.135. The fourth-order valence-corrected chi connectivity index (χ4v) is 2.97. The molecule has 3 aromatic carbocycles. The third-order valence-electron chi connectivity index (χ3n) is 3.95. The summed E-state index contributed by atoms with van der Waals surface area (Å²) < 4.78 is 11.5. The number of ether oxygens (including phenoxy) is 2. The van der Waals surface area contributed by atoms with Crippen LogP contribution in [-0.2, 0) is 4.79 Å². The number of carbonyl (C=O) groups excluding carboxylic acids is 1. The standard InChI is InChI=1S/C20H13ClO3/c21-13-9-11-14(12-10-13)23-20(22)19-15-5-1-3-7-17(15)24-18-8-4-2-6-16(18)19/h1-12,19H. The maximum atomic E-state index is 12.9. The molecule has 1 aliphatic rings. The van der Waals surface area contributed by atoms with E-state index in [2.05, 4.69) is 0 Å². The van der Waals surface area contributed by atoms with Gasteiger partial charge in [0.2, 0.25) is 0 Å². The van der Waals surface area contributed by atoms with Gasteiger partial charge in [0.05, 0.1) is 0 Å². The Kier molecular flexibility index (Phi) is 3.71. The second kappa shape index (κ2) is 6.02. The van der Waals surface area contributed by atoms with Gasteiger partial charge in [0.15, 0.2) is 0 Å². The average molecular weight is 337 g/mol. The van der Waals surface area contributed by atoms with Crippen molar-refractivity contribution in [1.82, 2.24) is 0 Å². The van der Waals surface area contributed by atoms with Crippen molar-refractivity contribution in [3.8, 4) is 17.2 Å². The van der Waals surface area contributed by atoms with Gasteiger partial charge in [-0.05, 0) is 36.4 Å². The van der Waals surface area contributed by atoms with Gasteiger partial charge >= 0.3 is 5.97 Å². The predicted molar refractivity (Wildman–Crippen MR) is 91.9 cm³/mol. The first-order valence-corrected chi connectivity index (χ1v) is 7.93. The van der Waals surface area contributed by atoms with Crippen LogP contribution in [-0.4, -0.2) is 5.97 Å². The molecule has 4 heteroatoms. The first kappa shape index (κ1) is 14.8. The van der Waals surface area contributed by atoms with E-state index in [0.29, 0.717) is 22.3 Å². The van der Waals surface area contributed by atoms with E-state index in [1.54, 1.807) is 24.3 Å². The Labute approximate surface area is 144 Å². The molecule has 0 N–H and O–H groups in total. The van der Waals surface area contributed by atoms with Crippen LogP contribution in [0.5, 0.6) is 17.2 Å². The highest BCUT2D eigenvalue weighted by Crippen LogP contribution is 2.44. The third-order valence-corrected chi connectivity index (χ3v) is 4.20. The molecule has 0 fully saturated rings. The second-order valence-electron chi connectivity index (χ2n) is 5.49. The van der Waals surface area contributed by atoms with E-state index < -0.39 is 5.92 Å². The number of hydrogen-bond donors (Lipinski definition) is 0. The summed E-state index contributed by atoms with van der Waals surface area (Å²) in [5.41, 5.74) is 1.60. The maximum absolute atomic E-state index is 12.9. The summed E-state index contributed by atoms with van der Waals surface area (Å²) in [5, 5.41) is 0.594. The predicted octanol–water partition coefficient (Wildman–Crippen LogP) is 5.18. The lowest BCUT2D eigenvalue weighted by atomic mass is 9.88. The van der Waals surface area contributed by atoms with E-state index in [1.165, 1.54) is 0 Å². The van der Waals surface area contributed by atoms with Gasteiger partial charge in [-0.2, -0.15) is 0 Å². The van der Waals surface area contributed by atoms with Crippen molar-refractivity contribution in [3.63, 3.8) is 0 Å². The second-order valence-corrected chi connectivity index (χ2v) is 5.92. The molecule has 0 bridgehead atoms. The molecule has 4 rings (SSSR count). The molecular formula is C20H13ClO3. The molecule has 0 saturated heterocycles. The lowest BCUT2D eigenvalue weighted by Gasteiger charge is -2.26. The van der Waals surface area contributed by atoms with Crippen molar-refractivity contribution < 1.29 is 14.3 Å². The lowest BCUT2D eigenvalue weighted by Crippen LogP contribution is -2.23. The van der Waals surface area contributed by atoms with Gasteiger partial charge in [-0.3, -0.25) is 4.79 Å². The highest BCUT2D eigenvalue weighted by molar-refractivity contribution is 6.30. The van der Waals surface area contributed by atoms with Gasteiger partial charge in [0.25, 0.3) is 0 Å². The fraction of sp³-hybridized carbons (Fsp3) is 0.0500. The number of carbonyl (C=O) groups is 1. The number of rotatable bonds is 2. The van der Waals surface area contributed by atoms with Crippen LogP contribution >= 0.6 is 11.6 Å². The largest absolute Gasteiger partial charge is 0.457 e. The number of benzene rings is 3. The minimum Gasteiger partial charge on any atom is -0.457 e. The maximum Gasteiger partial charge on any atom is 0.323 e. The molecule has 0 aromatic heterocycles. The Morgan fingerprint density at radius 3 is 1.96 bits per heavy atom. The molecule has 1 aliphatic heterocycles. The van der Waals surface area contributed by atoms with E-state index in [1.807, 2.05) is 48.5 Å². The molecule has 0 atom stereocenters. The van der Waals surface area contributed by atoms with Gasteiger partial charge in [-0.1, -0.05) is 48.0 Å². The number of hydrogen-bond acceptors (Lipinski definition) is 3. The van der Waals surface area contributed by atoms with Gasteiger partial charge in [-0.25, -0.2) is 0 Å². The van der Waals surface area contributed by atoms with E-state index in [9.17, 15) is 4.79 Å². The zero-order chi connectivity index (χ0) is 16.5. The van der Waals surface area contributed by atoms with Gasteiger partial charge in [0.1, 0.15) is 23.2 Å². The summed E-state index contributed by atoms with van der Waals surface area (Å²) in [6.45, 7) is 0. The Morgan fingerprint density at radius 1 is 0.833 bits per heavy atom. The average Bonchev–Trinajstić information content (AvgIpc) is 2.61. The van der Waals surface area contributed by atoms with Crippen LogP contribution in [0.3, 0.4) is 0 Å². The molecule has 3 aromatic rings. The van der Waals surface area contributed by atoms with Crippen LogP contribution < -0.4 is 9.47 Å². The molecule has 3 nitrogen and oxygen atoms in total. The topological polar surface area (TPSA) is 35.5 Å². The molecule has 0 amide bonds. The van der Waals surface area contributed by atoms with Crippen LogP contribution in [0.15, 0.2) is 72.8 Å². The summed E-state index contributed by atoms with van der Waals surface area (Å²) in [6, 6.07) is 21.8. The number of esters is 1. The van der Waals surface area contributed by atoms with Crippen molar-refractivity contribution in [3.05, 3.63) is 88.9 Å². The van der Waals surface area contributed by atoms with Crippen LogP contribution in [0.1, 0.15) is 17.0 Å². The highest BCUT2D eigenvalue weighted by atomic mass is 35.5. The van der Waals surface area contributed by atoms with Crippen molar-refractivity contribution in [2.24, 2.45) is 0 Å². The van der Waals surface area contributed by atoms with Crippen molar-refractivity contribution in [2.75, 3.05) is 0 Å². The molecule has 1 heterocycles. The van der Waals surface area contributed by atoms with Crippen LogP contribution in [0.4, 0.5) is 0 Å². The molecule has 0 saturated carbocycles. The molecule has 0 unspecified atom stereocenters. The third kappa shape index (κ3) is 2.63.